The summed E-state index contributed by atoms with van der Waals surface area (Å²) < 4.78 is 11.3. The maximum Gasteiger partial charge on any atom is 0.125 e. The lowest BCUT2D eigenvalue weighted by Gasteiger charge is -2.17. The third kappa shape index (κ3) is 2.36. The molecule has 1 aromatic rings. The summed E-state index contributed by atoms with van der Waals surface area (Å²) in [5.74, 6) is 0.993. The van der Waals surface area contributed by atoms with E-state index in [2.05, 4.69) is 26.0 Å². The van der Waals surface area contributed by atoms with E-state index in [1.165, 1.54) is 0 Å². The van der Waals surface area contributed by atoms with Gasteiger partial charge in [-0.1, -0.05) is 12.1 Å². The molecular weight excluding hydrogens is 202 g/mol. The molecule has 2 rings (SSSR count). The average Bonchev–Trinajstić information content (AvgIpc) is 2.75. The zero-order valence-electron chi connectivity index (χ0n) is 9.95. The number of hydrogen-bond donors (Lipinski definition) is 1. The second kappa shape index (κ2) is 4.85. The van der Waals surface area contributed by atoms with E-state index >= 15 is 0 Å². The number of rotatable bonds is 3. The maximum absolute atomic E-state index is 5.97. The summed E-state index contributed by atoms with van der Waals surface area (Å²) in [6.45, 7) is 6.23. The van der Waals surface area contributed by atoms with Gasteiger partial charge in [0.25, 0.3) is 0 Å². The van der Waals surface area contributed by atoms with E-state index in [4.69, 9.17) is 15.2 Å². The molecular formula is C13H19NO2. The minimum atomic E-state index is 0.209. The monoisotopic (exact) mass is 221 g/mol. The van der Waals surface area contributed by atoms with Crippen molar-refractivity contribution in [1.82, 2.24) is 0 Å². The second-order valence-corrected chi connectivity index (χ2v) is 4.37. The lowest BCUT2D eigenvalue weighted by molar-refractivity contribution is 0.140. The SMILES string of the molecule is Cc1cc(CN)cc(C)c1OC1CCOC1. The van der Waals surface area contributed by atoms with E-state index in [0.29, 0.717) is 13.2 Å². The van der Waals surface area contributed by atoms with Gasteiger partial charge < -0.3 is 15.2 Å². The fraction of sp³-hybridized carbons (Fsp3) is 0.538. The van der Waals surface area contributed by atoms with Crippen molar-refractivity contribution >= 4 is 0 Å². The Bertz CT molecular complexity index is 347. The molecule has 1 aliphatic rings. The van der Waals surface area contributed by atoms with Gasteiger partial charge in [0.1, 0.15) is 11.9 Å². The Balaban J connectivity index is 2.19. The molecule has 1 aromatic carbocycles. The van der Waals surface area contributed by atoms with Crippen LogP contribution in [0.15, 0.2) is 12.1 Å². The van der Waals surface area contributed by atoms with Crippen molar-refractivity contribution in [2.75, 3.05) is 13.2 Å². The maximum atomic E-state index is 5.97. The standard InChI is InChI=1S/C13H19NO2/c1-9-5-11(7-14)6-10(2)13(9)16-12-3-4-15-8-12/h5-6,12H,3-4,7-8,14H2,1-2H3. The van der Waals surface area contributed by atoms with Crippen LogP contribution in [0.3, 0.4) is 0 Å². The highest BCUT2D eigenvalue weighted by molar-refractivity contribution is 5.43. The molecule has 16 heavy (non-hydrogen) atoms. The van der Waals surface area contributed by atoms with Crippen molar-refractivity contribution in [2.24, 2.45) is 5.73 Å². The zero-order chi connectivity index (χ0) is 11.5. The zero-order valence-corrected chi connectivity index (χ0v) is 9.95. The molecule has 1 saturated heterocycles. The summed E-state index contributed by atoms with van der Waals surface area (Å²) in [5.41, 5.74) is 9.12. The van der Waals surface area contributed by atoms with Gasteiger partial charge in [-0.3, -0.25) is 0 Å². The molecule has 0 spiro atoms. The molecule has 1 aliphatic heterocycles. The van der Waals surface area contributed by atoms with Crippen LogP contribution in [0.2, 0.25) is 0 Å². The van der Waals surface area contributed by atoms with Crippen molar-refractivity contribution in [3.05, 3.63) is 28.8 Å². The van der Waals surface area contributed by atoms with Crippen molar-refractivity contribution in [3.63, 3.8) is 0 Å². The van der Waals surface area contributed by atoms with Gasteiger partial charge >= 0.3 is 0 Å². The Morgan fingerprint density at radius 3 is 2.56 bits per heavy atom. The molecule has 1 unspecified atom stereocenters. The minimum absolute atomic E-state index is 0.209. The molecule has 1 atom stereocenters. The highest BCUT2D eigenvalue weighted by atomic mass is 16.5. The van der Waals surface area contributed by atoms with Gasteiger partial charge in [-0.05, 0) is 30.5 Å². The number of aryl methyl sites for hydroxylation is 2. The van der Waals surface area contributed by atoms with Crippen LogP contribution >= 0.6 is 0 Å². The van der Waals surface area contributed by atoms with Crippen LogP contribution in [-0.2, 0) is 11.3 Å². The summed E-state index contributed by atoms with van der Waals surface area (Å²) in [4.78, 5) is 0. The molecule has 0 saturated carbocycles. The quantitative estimate of drug-likeness (QED) is 0.848. The first kappa shape index (κ1) is 11.4. The van der Waals surface area contributed by atoms with Gasteiger partial charge in [0.15, 0.2) is 0 Å². The van der Waals surface area contributed by atoms with Gasteiger partial charge in [0, 0.05) is 13.0 Å². The molecule has 0 radical (unpaired) electrons. The third-order valence-electron chi connectivity index (χ3n) is 2.93. The minimum Gasteiger partial charge on any atom is -0.487 e. The van der Waals surface area contributed by atoms with Crippen LogP contribution in [0.25, 0.3) is 0 Å². The van der Waals surface area contributed by atoms with Gasteiger partial charge in [0.05, 0.1) is 13.2 Å². The van der Waals surface area contributed by atoms with Gasteiger partial charge in [-0.2, -0.15) is 0 Å². The summed E-state index contributed by atoms with van der Waals surface area (Å²) in [6, 6.07) is 4.19. The molecule has 0 bridgehead atoms. The Morgan fingerprint density at radius 1 is 1.38 bits per heavy atom. The summed E-state index contributed by atoms with van der Waals surface area (Å²) in [5, 5.41) is 0. The largest absolute Gasteiger partial charge is 0.487 e. The molecule has 1 fully saturated rings. The van der Waals surface area contributed by atoms with Crippen LogP contribution in [0, 0.1) is 13.8 Å². The predicted octanol–water partition coefficient (Wildman–Crippen LogP) is 1.93. The van der Waals surface area contributed by atoms with E-state index in [9.17, 15) is 0 Å². The lowest BCUT2D eigenvalue weighted by atomic mass is 10.1. The number of nitrogens with two attached hydrogens (primary N) is 1. The third-order valence-corrected chi connectivity index (χ3v) is 2.93. The Labute approximate surface area is 96.5 Å². The van der Waals surface area contributed by atoms with Crippen molar-refractivity contribution in [2.45, 2.75) is 32.9 Å². The van der Waals surface area contributed by atoms with Crippen molar-refractivity contribution in [3.8, 4) is 5.75 Å². The van der Waals surface area contributed by atoms with Gasteiger partial charge in [-0.15, -0.1) is 0 Å². The highest BCUT2D eigenvalue weighted by Gasteiger charge is 2.19. The van der Waals surface area contributed by atoms with E-state index in [1.807, 2.05) is 0 Å². The van der Waals surface area contributed by atoms with Crippen LogP contribution in [0.5, 0.6) is 5.75 Å². The molecule has 0 aromatic heterocycles. The van der Waals surface area contributed by atoms with Crippen LogP contribution in [0.4, 0.5) is 0 Å². The fourth-order valence-electron chi connectivity index (χ4n) is 2.12. The molecule has 3 nitrogen and oxygen atoms in total. The Hall–Kier alpha value is -1.06. The molecule has 0 amide bonds. The van der Waals surface area contributed by atoms with Crippen molar-refractivity contribution < 1.29 is 9.47 Å². The van der Waals surface area contributed by atoms with E-state index in [-0.39, 0.29) is 6.10 Å². The highest BCUT2D eigenvalue weighted by Crippen LogP contribution is 2.27. The molecule has 88 valence electrons. The predicted molar refractivity (Wildman–Crippen MR) is 63.7 cm³/mol. The second-order valence-electron chi connectivity index (χ2n) is 4.37. The first-order valence-corrected chi connectivity index (χ1v) is 5.75. The van der Waals surface area contributed by atoms with Crippen LogP contribution in [-0.4, -0.2) is 19.3 Å². The smallest absolute Gasteiger partial charge is 0.125 e. The Morgan fingerprint density at radius 2 is 2.06 bits per heavy atom. The number of ether oxygens (including phenoxy) is 2. The summed E-state index contributed by atoms with van der Waals surface area (Å²) in [6.07, 6.45) is 1.19. The molecule has 1 heterocycles. The first-order valence-electron chi connectivity index (χ1n) is 5.75. The first-order chi connectivity index (χ1) is 7.70. The lowest BCUT2D eigenvalue weighted by Crippen LogP contribution is -2.17. The van der Waals surface area contributed by atoms with E-state index < -0.39 is 0 Å². The summed E-state index contributed by atoms with van der Waals surface area (Å²) >= 11 is 0. The molecule has 0 aliphatic carbocycles. The average molecular weight is 221 g/mol. The van der Waals surface area contributed by atoms with Crippen molar-refractivity contribution in [1.29, 1.82) is 0 Å². The van der Waals surface area contributed by atoms with Crippen LogP contribution < -0.4 is 10.5 Å². The van der Waals surface area contributed by atoms with Crippen LogP contribution in [0.1, 0.15) is 23.1 Å². The molecule has 3 heteroatoms. The fourth-order valence-corrected chi connectivity index (χ4v) is 2.12. The number of hydrogen-bond acceptors (Lipinski definition) is 3. The summed E-state index contributed by atoms with van der Waals surface area (Å²) in [7, 11) is 0. The number of benzene rings is 1. The van der Waals surface area contributed by atoms with Gasteiger partial charge in [0.2, 0.25) is 0 Å². The normalized spacial score (nSPS) is 20.1. The van der Waals surface area contributed by atoms with E-state index in [1.54, 1.807) is 0 Å². The topological polar surface area (TPSA) is 44.5 Å². The Kier molecular flexibility index (Phi) is 3.46. The van der Waals surface area contributed by atoms with E-state index in [0.717, 1.165) is 35.5 Å². The molecule has 2 N–H and O–H groups in total. The van der Waals surface area contributed by atoms with Gasteiger partial charge in [-0.25, -0.2) is 0 Å².